The summed E-state index contributed by atoms with van der Waals surface area (Å²) in [4.78, 5) is 42.6. The standard InChI is InChI=1S/C24H26N2O3/c27-22(25-11-3-1-2-4-12-25)14-5-7-15(8-6-14)26-23(28)20-16-9-10-17(19-13-18(16)19)21(20)24(26)29/h5-10,16-21H,1-4,11-13H2/t16-,17-,18-,19-,20+,21+/m1/s1. The molecule has 2 aliphatic heterocycles. The van der Waals surface area contributed by atoms with E-state index in [2.05, 4.69) is 12.2 Å². The number of hydrogen-bond acceptors (Lipinski definition) is 3. The number of amides is 3. The van der Waals surface area contributed by atoms with Crippen LogP contribution in [0.3, 0.4) is 0 Å². The van der Waals surface area contributed by atoms with E-state index >= 15 is 0 Å². The van der Waals surface area contributed by atoms with E-state index in [1.807, 2.05) is 4.90 Å². The first-order chi connectivity index (χ1) is 14.1. The number of likely N-dealkylation sites (tertiary alicyclic amines) is 1. The number of rotatable bonds is 2. The molecule has 2 bridgehead atoms. The highest BCUT2D eigenvalue weighted by atomic mass is 16.2. The zero-order chi connectivity index (χ0) is 19.7. The van der Waals surface area contributed by atoms with Gasteiger partial charge in [0.15, 0.2) is 0 Å². The predicted octanol–water partition coefficient (Wildman–Crippen LogP) is 3.26. The van der Waals surface area contributed by atoms with Crippen LogP contribution in [0.2, 0.25) is 0 Å². The van der Waals surface area contributed by atoms with Crippen LogP contribution in [0.1, 0.15) is 42.5 Å². The van der Waals surface area contributed by atoms with Crippen LogP contribution in [-0.4, -0.2) is 35.7 Å². The third-order valence-electron chi connectivity index (χ3n) is 7.93. The van der Waals surface area contributed by atoms with Crippen LogP contribution in [0, 0.1) is 35.5 Å². The molecular weight excluding hydrogens is 364 g/mol. The van der Waals surface area contributed by atoms with Crippen molar-refractivity contribution in [1.29, 1.82) is 0 Å². The molecule has 0 aromatic heterocycles. The summed E-state index contributed by atoms with van der Waals surface area (Å²) >= 11 is 0. The van der Waals surface area contributed by atoms with Crippen molar-refractivity contribution in [2.75, 3.05) is 18.0 Å². The molecule has 0 radical (unpaired) electrons. The molecule has 5 nitrogen and oxygen atoms in total. The van der Waals surface area contributed by atoms with Crippen LogP contribution in [-0.2, 0) is 9.59 Å². The second kappa shape index (κ2) is 6.28. The van der Waals surface area contributed by atoms with E-state index in [0.29, 0.717) is 23.1 Å². The number of carbonyl (C=O) groups excluding carboxylic acids is 3. The molecule has 0 N–H and O–H groups in total. The molecule has 150 valence electrons. The van der Waals surface area contributed by atoms with Gasteiger partial charge in [-0.05, 0) is 67.2 Å². The number of imide groups is 1. The Balaban J connectivity index is 1.24. The molecular formula is C24H26N2O3. The Kier molecular flexibility index (Phi) is 3.78. The number of allylic oxidation sites excluding steroid dienone is 2. The minimum absolute atomic E-state index is 0.0451. The third kappa shape index (κ3) is 2.49. The van der Waals surface area contributed by atoms with Crippen LogP contribution < -0.4 is 4.90 Å². The topological polar surface area (TPSA) is 57.7 Å². The summed E-state index contributed by atoms with van der Waals surface area (Å²) in [7, 11) is 0. The lowest BCUT2D eigenvalue weighted by atomic mass is 9.63. The van der Waals surface area contributed by atoms with Gasteiger partial charge in [-0.3, -0.25) is 19.3 Å². The Morgan fingerprint density at radius 2 is 1.34 bits per heavy atom. The van der Waals surface area contributed by atoms with E-state index in [1.165, 1.54) is 24.2 Å². The SMILES string of the molecule is O=C(c1ccc(N2C(=O)[C@H]3[C@@H]4C=C[C@H]([C@H]5C[C@H]45)[C@@H]3C2=O)cc1)N1CCCCCC1. The molecule has 4 aliphatic carbocycles. The van der Waals surface area contributed by atoms with E-state index in [0.717, 1.165) is 25.9 Å². The summed E-state index contributed by atoms with van der Waals surface area (Å²) in [5.74, 6) is 1.29. The van der Waals surface area contributed by atoms with Crippen molar-refractivity contribution in [3.63, 3.8) is 0 Å². The van der Waals surface area contributed by atoms with Gasteiger partial charge in [-0.2, -0.15) is 0 Å². The Bertz CT molecular complexity index is 877. The molecule has 3 amide bonds. The first-order valence-electron chi connectivity index (χ1n) is 11.1. The molecule has 0 spiro atoms. The first-order valence-corrected chi connectivity index (χ1v) is 11.1. The first kappa shape index (κ1) is 17.4. The van der Waals surface area contributed by atoms with Gasteiger partial charge in [-0.1, -0.05) is 25.0 Å². The Labute approximate surface area is 170 Å². The summed E-state index contributed by atoms with van der Waals surface area (Å²) < 4.78 is 0. The molecule has 2 heterocycles. The average molecular weight is 390 g/mol. The fourth-order valence-corrected chi connectivity index (χ4v) is 6.42. The van der Waals surface area contributed by atoms with Gasteiger partial charge in [0, 0.05) is 18.7 Å². The summed E-state index contributed by atoms with van der Waals surface area (Å²) in [6, 6.07) is 7.09. The molecule has 2 saturated carbocycles. The highest BCUT2D eigenvalue weighted by Gasteiger charge is 2.67. The van der Waals surface area contributed by atoms with E-state index < -0.39 is 0 Å². The fraction of sp³-hybridized carbons (Fsp3) is 0.542. The van der Waals surface area contributed by atoms with Gasteiger partial charge in [-0.25, -0.2) is 0 Å². The summed E-state index contributed by atoms with van der Waals surface area (Å²) in [6.45, 7) is 1.62. The van der Waals surface area contributed by atoms with Crippen LogP contribution in [0.5, 0.6) is 0 Å². The van der Waals surface area contributed by atoms with E-state index in [4.69, 9.17) is 0 Å². The van der Waals surface area contributed by atoms with Gasteiger partial charge in [0.2, 0.25) is 11.8 Å². The van der Waals surface area contributed by atoms with Gasteiger partial charge >= 0.3 is 0 Å². The highest BCUT2D eigenvalue weighted by molar-refractivity contribution is 6.22. The fourth-order valence-electron chi connectivity index (χ4n) is 6.42. The molecule has 4 fully saturated rings. The Morgan fingerprint density at radius 3 is 1.90 bits per heavy atom. The van der Waals surface area contributed by atoms with Gasteiger partial charge in [0.1, 0.15) is 0 Å². The maximum atomic E-state index is 13.2. The molecule has 6 atom stereocenters. The van der Waals surface area contributed by atoms with Crippen molar-refractivity contribution in [2.45, 2.75) is 32.1 Å². The molecule has 2 saturated heterocycles. The van der Waals surface area contributed by atoms with Crippen LogP contribution in [0.4, 0.5) is 5.69 Å². The predicted molar refractivity (Wildman–Crippen MR) is 108 cm³/mol. The summed E-state index contributed by atoms with van der Waals surface area (Å²) in [6.07, 6.45) is 10.0. The van der Waals surface area contributed by atoms with Crippen molar-refractivity contribution in [2.24, 2.45) is 35.5 Å². The van der Waals surface area contributed by atoms with Crippen LogP contribution in [0.15, 0.2) is 36.4 Å². The number of benzene rings is 1. The van der Waals surface area contributed by atoms with E-state index in [1.54, 1.807) is 24.3 Å². The molecule has 29 heavy (non-hydrogen) atoms. The van der Waals surface area contributed by atoms with Crippen molar-refractivity contribution in [3.05, 3.63) is 42.0 Å². The minimum atomic E-state index is -0.181. The van der Waals surface area contributed by atoms with E-state index in [9.17, 15) is 14.4 Å². The average Bonchev–Trinajstić information content (AvgIpc) is 3.55. The van der Waals surface area contributed by atoms with Crippen molar-refractivity contribution < 1.29 is 14.4 Å². The van der Waals surface area contributed by atoms with Gasteiger partial charge in [0.05, 0.1) is 17.5 Å². The van der Waals surface area contributed by atoms with E-state index in [-0.39, 0.29) is 41.4 Å². The molecule has 7 rings (SSSR count). The molecule has 6 aliphatic rings. The van der Waals surface area contributed by atoms with Gasteiger partial charge < -0.3 is 4.90 Å². The van der Waals surface area contributed by atoms with Gasteiger partial charge in [-0.15, -0.1) is 0 Å². The van der Waals surface area contributed by atoms with Crippen molar-refractivity contribution >= 4 is 23.4 Å². The Hall–Kier alpha value is -2.43. The second-order valence-electron chi connectivity index (χ2n) is 9.42. The zero-order valence-corrected chi connectivity index (χ0v) is 16.5. The zero-order valence-electron chi connectivity index (χ0n) is 16.5. The normalized spacial score (nSPS) is 37.4. The molecule has 1 aromatic rings. The number of anilines is 1. The largest absolute Gasteiger partial charge is 0.339 e. The molecule has 5 heteroatoms. The minimum Gasteiger partial charge on any atom is -0.339 e. The van der Waals surface area contributed by atoms with Crippen LogP contribution in [0.25, 0.3) is 0 Å². The quantitative estimate of drug-likeness (QED) is 0.575. The monoisotopic (exact) mass is 390 g/mol. The molecule has 1 aromatic carbocycles. The summed E-state index contributed by atoms with van der Waals surface area (Å²) in [5, 5.41) is 0. The Morgan fingerprint density at radius 1 is 0.793 bits per heavy atom. The number of hydrogen-bond donors (Lipinski definition) is 0. The van der Waals surface area contributed by atoms with Crippen molar-refractivity contribution in [1.82, 2.24) is 4.90 Å². The molecule has 0 unspecified atom stereocenters. The maximum Gasteiger partial charge on any atom is 0.253 e. The lowest BCUT2D eigenvalue weighted by Crippen LogP contribution is -2.40. The van der Waals surface area contributed by atoms with Crippen LogP contribution >= 0.6 is 0 Å². The van der Waals surface area contributed by atoms with Gasteiger partial charge in [0.25, 0.3) is 5.91 Å². The second-order valence-corrected chi connectivity index (χ2v) is 9.42. The van der Waals surface area contributed by atoms with Crippen molar-refractivity contribution in [3.8, 4) is 0 Å². The third-order valence-corrected chi connectivity index (χ3v) is 7.93. The smallest absolute Gasteiger partial charge is 0.253 e. The maximum absolute atomic E-state index is 13.2. The number of carbonyl (C=O) groups is 3. The number of nitrogens with zero attached hydrogens (tertiary/aromatic N) is 2. The highest BCUT2D eigenvalue weighted by Crippen LogP contribution is 2.65. The lowest BCUT2D eigenvalue weighted by molar-refractivity contribution is -0.124. The lowest BCUT2D eigenvalue weighted by Gasteiger charge is -2.37. The summed E-state index contributed by atoms with van der Waals surface area (Å²) in [5.41, 5.74) is 1.24.